The van der Waals surface area contributed by atoms with Gasteiger partial charge in [-0.3, -0.25) is 4.79 Å². The van der Waals surface area contributed by atoms with Gasteiger partial charge in [-0.05, 0) is 19.8 Å². The fraction of sp³-hybridized carbons (Fsp3) is 0.667. The number of aliphatic hydroxyl groups excluding tert-OH is 1. The fourth-order valence-electron chi connectivity index (χ4n) is 2.47. The number of nitrogens with zero attached hydrogens (tertiary/aromatic N) is 1. The number of amides is 1. The van der Waals surface area contributed by atoms with Gasteiger partial charge in [0.05, 0.1) is 13.2 Å². The highest BCUT2D eigenvalue weighted by Crippen LogP contribution is 2.29. The van der Waals surface area contributed by atoms with E-state index in [1.165, 1.54) is 0 Å². The first-order valence-electron chi connectivity index (χ1n) is 6.05. The maximum Gasteiger partial charge on any atom is 0.339 e. The summed E-state index contributed by atoms with van der Waals surface area (Å²) in [5.74, 6) is -1.45. The predicted molar refractivity (Wildman–Crippen MR) is 60.3 cm³/mol. The molecule has 0 aromatic rings. The van der Waals surface area contributed by atoms with Crippen LogP contribution in [0, 0.1) is 0 Å². The molecule has 17 heavy (non-hydrogen) atoms. The van der Waals surface area contributed by atoms with E-state index < -0.39 is 17.6 Å². The van der Waals surface area contributed by atoms with Crippen LogP contribution in [0.3, 0.4) is 0 Å². The zero-order valence-corrected chi connectivity index (χ0v) is 9.94. The third-order valence-electron chi connectivity index (χ3n) is 3.37. The minimum absolute atomic E-state index is 0.101. The molecule has 1 aliphatic carbocycles. The number of ether oxygens (including phenoxy) is 1. The smallest absolute Gasteiger partial charge is 0.339 e. The lowest BCUT2D eigenvalue weighted by Crippen LogP contribution is -2.36. The molecule has 0 bridgehead atoms. The molecular weight excluding hydrogens is 222 g/mol. The first-order chi connectivity index (χ1) is 8.15. The molecule has 1 N–H and O–H groups in total. The highest BCUT2D eigenvalue weighted by atomic mass is 16.5. The Morgan fingerprint density at radius 2 is 2.12 bits per heavy atom. The van der Waals surface area contributed by atoms with Gasteiger partial charge in [-0.25, -0.2) is 4.79 Å². The first kappa shape index (κ1) is 12.0. The second-order valence-corrected chi connectivity index (χ2v) is 4.42. The summed E-state index contributed by atoms with van der Waals surface area (Å²) in [4.78, 5) is 25.0. The van der Waals surface area contributed by atoms with Crippen LogP contribution in [-0.2, 0) is 14.3 Å². The van der Waals surface area contributed by atoms with Crippen molar-refractivity contribution in [2.45, 2.75) is 38.6 Å². The van der Waals surface area contributed by atoms with E-state index >= 15 is 0 Å². The number of hydrogen-bond donors (Lipinski definition) is 1. The van der Waals surface area contributed by atoms with Gasteiger partial charge in [-0.2, -0.15) is 0 Å². The summed E-state index contributed by atoms with van der Waals surface area (Å²) < 4.78 is 4.82. The first-order valence-corrected chi connectivity index (χ1v) is 6.05. The maximum absolute atomic E-state index is 11.8. The highest BCUT2D eigenvalue weighted by Gasteiger charge is 2.39. The van der Waals surface area contributed by atoms with Gasteiger partial charge in [-0.15, -0.1) is 0 Å². The molecule has 1 aliphatic heterocycles. The minimum atomic E-state index is -0.584. The average Bonchev–Trinajstić information content (AvgIpc) is 2.90. The van der Waals surface area contributed by atoms with E-state index in [2.05, 4.69) is 0 Å². The van der Waals surface area contributed by atoms with Gasteiger partial charge in [0.2, 0.25) is 0 Å². The Morgan fingerprint density at radius 3 is 2.71 bits per heavy atom. The van der Waals surface area contributed by atoms with Crippen LogP contribution < -0.4 is 0 Å². The van der Waals surface area contributed by atoms with Crippen molar-refractivity contribution in [1.29, 1.82) is 0 Å². The van der Waals surface area contributed by atoms with Crippen molar-refractivity contribution in [2.24, 2.45) is 0 Å². The molecule has 0 atom stereocenters. The lowest BCUT2D eigenvalue weighted by atomic mass is 10.2. The van der Waals surface area contributed by atoms with E-state index in [0.29, 0.717) is 0 Å². The lowest BCUT2D eigenvalue weighted by Gasteiger charge is -2.23. The third kappa shape index (κ3) is 2.14. The largest absolute Gasteiger partial charge is 0.503 e. The number of rotatable bonds is 3. The summed E-state index contributed by atoms with van der Waals surface area (Å²) in [6.07, 6.45) is 4.11. The number of carbonyl (C=O) groups is 2. The van der Waals surface area contributed by atoms with Gasteiger partial charge in [0.25, 0.3) is 5.91 Å². The van der Waals surface area contributed by atoms with E-state index in [9.17, 15) is 14.7 Å². The topological polar surface area (TPSA) is 66.8 Å². The van der Waals surface area contributed by atoms with Gasteiger partial charge in [-0.1, -0.05) is 12.8 Å². The molecule has 1 heterocycles. The summed E-state index contributed by atoms with van der Waals surface area (Å²) in [6.45, 7) is 2.13. The SMILES string of the molecule is CCOC(=O)C1=C(O)C(=O)N(C2CCCC2)C1. The monoisotopic (exact) mass is 239 g/mol. The molecule has 0 aromatic carbocycles. The molecule has 0 radical (unpaired) electrons. The van der Waals surface area contributed by atoms with E-state index in [1.807, 2.05) is 0 Å². The molecule has 1 amide bonds. The third-order valence-corrected chi connectivity index (χ3v) is 3.37. The quantitative estimate of drug-likeness (QED) is 0.750. The number of aliphatic hydroxyl groups is 1. The summed E-state index contributed by atoms with van der Waals surface area (Å²) in [6, 6.07) is 0.163. The van der Waals surface area contributed by atoms with Gasteiger partial charge < -0.3 is 14.7 Å². The van der Waals surface area contributed by atoms with Gasteiger partial charge in [0, 0.05) is 6.04 Å². The molecule has 5 nitrogen and oxygen atoms in total. The Labute approximate surface area is 100 Å². The average molecular weight is 239 g/mol. The summed E-state index contributed by atoms with van der Waals surface area (Å²) in [5, 5.41) is 9.67. The van der Waals surface area contributed by atoms with Crippen LogP contribution in [-0.4, -0.2) is 41.1 Å². The van der Waals surface area contributed by atoms with E-state index in [-0.39, 0.29) is 24.8 Å². The standard InChI is InChI=1S/C12H17NO4/c1-2-17-12(16)9-7-13(11(15)10(9)14)8-5-3-4-6-8/h8,14H,2-7H2,1H3. The lowest BCUT2D eigenvalue weighted by molar-refractivity contribution is -0.138. The zero-order valence-electron chi connectivity index (χ0n) is 9.94. The second-order valence-electron chi connectivity index (χ2n) is 4.42. The van der Waals surface area contributed by atoms with Gasteiger partial charge in [0.15, 0.2) is 5.76 Å². The molecule has 0 saturated heterocycles. The maximum atomic E-state index is 11.8. The van der Waals surface area contributed by atoms with E-state index in [4.69, 9.17) is 4.74 Å². The van der Waals surface area contributed by atoms with Crippen molar-refractivity contribution in [1.82, 2.24) is 4.90 Å². The molecule has 0 spiro atoms. The number of esters is 1. The van der Waals surface area contributed by atoms with E-state index in [1.54, 1.807) is 11.8 Å². The number of hydrogen-bond acceptors (Lipinski definition) is 4. The molecule has 0 unspecified atom stereocenters. The molecule has 1 fully saturated rings. The van der Waals surface area contributed by atoms with Crippen LogP contribution in [0.15, 0.2) is 11.3 Å². The number of carbonyl (C=O) groups excluding carboxylic acids is 2. The summed E-state index contributed by atoms with van der Waals surface area (Å²) in [5.41, 5.74) is 0.101. The van der Waals surface area contributed by atoms with Crippen LogP contribution in [0.25, 0.3) is 0 Å². The Bertz CT molecular complexity index is 369. The Hall–Kier alpha value is -1.52. The molecule has 2 rings (SSSR count). The molecule has 1 saturated carbocycles. The molecule has 94 valence electrons. The van der Waals surface area contributed by atoms with Crippen LogP contribution in [0.1, 0.15) is 32.6 Å². The minimum Gasteiger partial charge on any atom is -0.503 e. The summed E-state index contributed by atoms with van der Waals surface area (Å²) >= 11 is 0. The highest BCUT2D eigenvalue weighted by molar-refractivity contribution is 6.05. The van der Waals surface area contributed by atoms with Crippen LogP contribution in [0.5, 0.6) is 0 Å². The van der Waals surface area contributed by atoms with Gasteiger partial charge in [0.1, 0.15) is 5.57 Å². The van der Waals surface area contributed by atoms with Crippen LogP contribution in [0.4, 0.5) is 0 Å². The normalized spacial score (nSPS) is 21.5. The molecule has 0 aromatic heterocycles. The summed E-state index contributed by atoms with van der Waals surface area (Å²) in [7, 11) is 0. The molecule has 2 aliphatic rings. The van der Waals surface area contributed by atoms with Crippen molar-refractivity contribution in [3.63, 3.8) is 0 Å². The Morgan fingerprint density at radius 1 is 1.47 bits per heavy atom. The molecule has 5 heteroatoms. The Balaban J connectivity index is 2.09. The molecular formula is C12H17NO4. The van der Waals surface area contributed by atoms with Gasteiger partial charge >= 0.3 is 5.97 Å². The van der Waals surface area contributed by atoms with E-state index in [0.717, 1.165) is 25.7 Å². The predicted octanol–water partition coefficient (Wildman–Crippen LogP) is 1.15. The fourth-order valence-corrected chi connectivity index (χ4v) is 2.47. The Kier molecular flexibility index (Phi) is 3.36. The van der Waals surface area contributed by atoms with Crippen molar-refractivity contribution in [3.05, 3.63) is 11.3 Å². The van der Waals surface area contributed by atoms with Crippen LogP contribution in [0.2, 0.25) is 0 Å². The second kappa shape index (κ2) is 4.77. The van der Waals surface area contributed by atoms with Crippen molar-refractivity contribution < 1.29 is 19.4 Å². The van der Waals surface area contributed by atoms with Crippen molar-refractivity contribution in [3.8, 4) is 0 Å². The van der Waals surface area contributed by atoms with Crippen molar-refractivity contribution in [2.75, 3.05) is 13.2 Å². The van der Waals surface area contributed by atoms with Crippen molar-refractivity contribution >= 4 is 11.9 Å². The van der Waals surface area contributed by atoms with Crippen LogP contribution >= 0.6 is 0 Å². The zero-order chi connectivity index (χ0) is 12.4.